The highest BCUT2D eigenvalue weighted by Gasteiger charge is 2.26. The molecule has 4 heteroatoms. The second-order valence-corrected chi connectivity index (χ2v) is 4.32. The van der Waals surface area contributed by atoms with Crippen molar-refractivity contribution in [2.45, 2.75) is 13.0 Å². The van der Waals surface area contributed by atoms with Crippen LogP contribution in [0.4, 0.5) is 5.69 Å². The van der Waals surface area contributed by atoms with Crippen LogP contribution in [0.25, 0.3) is 0 Å². The third kappa shape index (κ3) is 2.33. The minimum absolute atomic E-state index is 0.00457. The third-order valence-corrected chi connectivity index (χ3v) is 3.12. The number of carbonyl (C=O) groups excluding carboxylic acids is 1. The first-order valence-electron chi connectivity index (χ1n) is 5.52. The van der Waals surface area contributed by atoms with Crippen molar-refractivity contribution < 1.29 is 4.79 Å². The van der Waals surface area contributed by atoms with Gasteiger partial charge in [0.25, 0.3) is 0 Å². The molecule has 1 unspecified atom stereocenters. The monoisotopic (exact) mass is 219 g/mol. The van der Waals surface area contributed by atoms with Crippen LogP contribution in [-0.4, -0.2) is 23.9 Å². The Morgan fingerprint density at radius 2 is 2.19 bits per heavy atom. The summed E-state index contributed by atoms with van der Waals surface area (Å²) in [7, 11) is 0. The van der Waals surface area contributed by atoms with Crippen LogP contribution in [-0.2, 0) is 11.3 Å². The number of hydrogen-bond donors (Lipinski definition) is 2. The van der Waals surface area contributed by atoms with E-state index in [1.807, 2.05) is 24.3 Å². The fourth-order valence-corrected chi connectivity index (χ4v) is 2.13. The molecule has 0 aromatic heterocycles. The van der Waals surface area contributed by atoms with E-state index in [0.717, 1.165) is 37.3 Å². The number of anilines is 1. The maximum Gasteiger partial charge on any atom is 0.221 e. The van der Waals surface area contributed by atoms with Crippen molar-refractivity contribution >= 4 is 11.6 Å². The van der Waals surface area contributed by atoms with Crippen molar-refractivity contribution in [2.75, 3.05) is 18.8 Å². The van der Waals surface area contributed by atoms with Crippen molar-refractivity contribution in [3.63, 3.8) is 0 Å². The van der Waals surface area contributed by atoms with Crippen LogP contribution in [0.1, 0.15) is 12.0 Å². The van der Waals surface area contributed by atoms with Gasteiger partial charge < -0.3 is 11.5 Å². The molecule has 0 saturated carbocycles. The van der Waals surface area contributed by atoms with Gasteiger partial charge in [0.2, 0.25) is 5.91 Å². The van der Waals surface area contributed by atoms with Crippen LogP contribution in [0, 0.1) is 5.92 Å². The molecule has 0 radical (unpaired) electrons. The van der Waals surface area contributed by atoms with Crippen LogP contribution in [0.15, 0.2) is 24.3 Å². The summed E-state index contributed by atoms with van der Waals surface area (Å²) in [6.45, 7) is 2.47. The fourth-order valence-electron chi connectivity index (χ4n) is 2.13. The average molecular weight is 219 g/mol. The summed E-state index contributed by atoms with van der Waals surface area (Å²) in [6.07, 6.45) is 0.863. The molecule has 1 saturated heterocycles. The highest BCUT2D eigenvalue weighted by molar-refractivity contribution is 5.77. The number of hydrogen-bond acceptors (Lipinski definition) is 3. The summed E-state index contributed by atoms with van der Waals surface area (Å²) in [6, 6.07) is 7.83. The Hall–Kier alpha value is -1.55. The van der Waals surface area contributed by atoms with E-state index < -0.39 is 0 Å². The van der Waals surface area contributed by atoms with Crippen LogP contribution < -0.4 is 11.5 Å². The summed E-state index contributed by atoms with van der Waals surface area (Å²) in [5, 5.41) is 0. The number of likely N-dealkylation sites (tertiary alicyclic amines) is 1. The van der Waals surface area contributed by atoms with Gasteiger partial charge in [0.15, 0.2) is 0 Å². The zero-order valence-electron chi connectivity index (χ0n) is 9.23. The minimum atomic E-state index is -0.191. The van der Waals surface area contributed by atoms with Gasteiger partial charge in [-0.3, -0.25) is 9.69 Å². The van der Waals surface area contributed by atoms with E-state index in [2.05, 4.69) is 4.90 Å². The second-order valence-electron chi connectivity index (χ2n) is 4.32. The number of carbonyl (C=O) groups is 1. The standard InChI is InChI=1S/C12H17N3O/c13-11-4-2-1-3-9(11)7-15-6-5-10(8-15)12(14)16/h1-4,10H,5-8,13H2,(H2,14,16). The van der Waals surface area contributed by atoms with E-state index in [0.29, 0.717) is 0 Å². The van der Waals surface area contributed by atoms with Gasteiger partial charge in [-0.05, 0) is 24.6 Å². The second kappa shape index (κ2) is 4.53. The molecule has 1 aromatic carbocycles. The largest absolute Gasteiger partial charge is 0.398 e. The lowest BCUT2D eigenvalue weighted by atomic mass is 10.1. The Morgan fingerprint density at radius 1 is 1.44 bits per heavy atom. The normalized spacial score (nSPS) is 21.1. The lowest BCUT2D eigenvalue weighted by molar-refractivity contribution is -0.121. The van der Waals surface area contributed by atoms with Crippen molar-refractivity contribution in [1.29, 1.82) is 0 Å². The van der Waals surface area contributed by atoms with Crippen molar-refractivity contribution in [3.8, 4) is 0 Å². The van der Waals surface area contributed by atoms with E-state index in [4.69, 9.17) is 11.5 Å². The molecule has 0 bridgehead atoms. The number of nitrogens with two attached hydrogens (primary N) is 2. The van der Waals surface area contributed by atoms with E-state index in [9.17, 15) is 4.79 Å². The van der Waals surface area contributed by atoms with E-state index in [-0.39, 0.29) is 11.8 Å². The van der Waals surface area contributed by atoms with Crippen LogP contribution in [0.3, 0.4) is 0 Å². The molecule has 16 heavy (non-hydrogen) atoms. The van der Waals surface area contributed by atoms with Gasteiger partial charge in [-0.1, -0.05) is 18.2 Å². The van der Waals surface area contributed by atoms with Gasteiger partial charge in [-0.2, -0.15) is 0 Å². The fraction of sp³-hybridized carbons (Fsp3) is 0.417. The Kier molecular flexibility index (Phi) is 3.10. The molecule has 4 N–H and O–H groups in total. The molecule has 1 amide bonds. The Morgan fingerprint density at radius 3 is 2.81 bits per heavy atom. The Balaban J connectivity index is 1.97. The maximum atomic E-state index is 11.0. The first kappa shape index (κ1) is 11.0. The number of para-hydroxylation sites is 1. The number of amides is 1. The molecule has 1 heterocycles. The number of nitrogen functional groups attached to an aromatic ring is 1. The summed E-state index contributed by atoms with van der Waals surface area (Å²) in [5.41, 5.74) is 13.1. The zero-order chi connectivity index (χ0) is 11.5. The van der Waals surface area contributed by atoms with Gasteiger partial charge in [0.05, 0.1) is 5.92 Å². The van der Waals surface area contributed by atoms with Crippen molar-refractivity contribution in [3.05, 3.63) is 29.8 Å². The average Bonchev–Trinajstić information content (AvgIpc) is 2.70. The highest BCUT2D eigenvalue weighted by Crippen LogP contribution is 2.20. The number of primary amides is 1. The van der Waals surface area contributed by atoms with Gasteiger partial charge in [-0.25, -0.2) is 0 Å². The first-order chi connectivity index (χ1) is 7.66. The van der Waals surface area contributed by atoms with Crippen LogP contribution >= 0.6 is 0 Å². The molecular formula is C12H17N3O. The molecule has 0 spiro atoms. The number of nitrogens with zero attached hydrogens (tertiary/aromatic N) is 1. The van der Waals surface area contributed by atoms with Gasteiger partial charge >= 0.3 is 0 Å². The molecule has 1 atom stereocenters. The number of benzene rings is 1. The Labute approximate surface area is 95.2 Å². The summed E-state index contributed by atoms with van der Waals surface area (Å²) in [4.78, 5) is 13.3. The summed E-state index contributed by atoms with van der Waals surface area (Å²) >= 11 is 0. The smallest absolute Gasteiger partial charge is 0.221 e. The minimum Gasteiger partial charge on any atom is -0.398 e. The molecule has 86 valence electrons. The predicted molar refractivity (Wildman–Crippen MR) is 63.4 cm³/mol. The quantitative estimate of drug-likeness (QED) is 0.730. The lowest BCUT2D eigenvalue weighted by Gasteiger charge is -2.16. The molecule has 1 fully saturated rings. The summed E-state index contributed by atoms with van der Waals surface area (Å²) in [5.74, 6) is -0.187. The first-order valence-corrected chi connectivity index (χ1v) is 5.52. The van der Waals surface area contributed by atoms with Crippen molar-refractivity contribution in [1.82, 2.24) is 4.90 Å². The molecule has 0 aliphatic carbocycles. The maximum absolute atomic E-state index is 11.0. The topological polar surface area (TPSA) is 72.4 Å². The van der Waals surface area contributed by atoms with Gasteiger partial charge in [0.1, 0.15) is 0 Å². The lowest BCUT2D eigenvalue weighted by Crippen LogP contribution is -2.27. The molecule has 1 aliphatic rings. The molecule has 2 rings (SSSR count). The molecule has 1 aromatic rings. The number of rotatable bonds is 3. The molecule has 1 aliphatic heterocycles. The van der Waals surface area contributed by atoms with Gasteiger partial charge in [0, 0.05) is 18.8 Å². The Bertz CT molecular complexity index is 392. The molecule has 4 nitrogen and oxygen atoms in total. The molecular weight excluding hydrogens is 202 g/mol. The van der Waals surface area contributed by atoms with Crippen LogP contribution in [0.5, 0.6) is 0 Å². The van der Waals surface area contributed by atoms with E-state index >= 15 is 0 Å². The van der Waals surface area contributed by atoms with E-state index in [1.54, 1.807) is 0 Å². The van der Waals surface area contributed by atoms with E-state index in [1.165, 1.54) is 0 Å². The van der Waals surface area contributed by atoms with Crippen molar-refractivity contribution in [2.24, 2.45) is 11.7 Å². The van der Waals surface area contributed by atoms with Gasteiger partial charge in [-0.15, -0.1) is 0 Å². The van der Waals surface area contributed by atoms with Crippen LogP contribution in [0.2, 0.25) is 0 Å². The third-order valence-electron chi connectivity index (χ3n) is 3.12. The summed E-state index contributed by atoms with van der Waals surface area (Å²) < 4.78 is 0. The highest BCUT2D eigenvalue weighted by atomic mass is 16.1. The SMILES string of the molecule is NC(=O)C1CCN(Cc2ccccc2N)C1. The zero-order valence-corrected chi connectivity index (χ0v) is 9.23. The predicted octanol–water partition coefficient (Wildman–Crippen LogP) is 0.576.